The minimum Gasteiger partial charge on any atom is -0.399 e. The Kier molecular flexibility index (Phi) is 7.12. The standard InChI is InChI=1S/C20H33N/c1-2-8-18(19-10-4-3-5-11-19)12-7-6-9-17-13-15-20(21)16-14-17/h13-16,18-19H,2-12,21H2,1H3. The van der Waals surface area contributed by atoms with Crippen molar-refractivity contribution in [2.24, 2.45) is 11.8 Å². The maximum absolute atomic E-state index is 5.74. The maximum atomic E-state index is 5.74. The van der Waals surface area contributed by atoms with Gasteiger partial charge in [0.05, 0.1) is 0 Å². The van der Waals surface area contributed by atoms with Crippen molar-refractivity contribution < 1.29 is 0 Å². The molecule has 118 valence electrons. The van der Waals surface area contributed by atoms with E-state index in [0.717, 1.165) is 17.5 Å². The third-order valence-corrected chi connectivity index (χ3v) is 5.25. The van der Waals surface area contributed by atoms with Gasteiger partial charge in [-0.2, -0.15) is 0 Å². The summed E-state index contributed by atoms with van der Waals surface area (Å²) in [6, 6.07) is 8.41. The van der Waals surface area contributed by atoms with Crippen LogP contribution in [0.15, 0.2) is 24.3 Å². The van der Waals surface area contributed by atoms with Crippen LogP contribution in [0.2, 0.25) is 0 Å². The molecule has 0 saturated heterocycles. The molecule has 0 aliphatic heterocycles. The number of nitrogens with two attached hydrogens (primary N) is 1. The van der Waals surface area contributed by atoms with Gasteiger partial charge < -0.3 is 5.73 Å². The van der Waals surface area contributed by atoms with Gasteiger partial charge in [-0.1, -0.05) is 76.8 Å². The molecule has 1 aliphatic carbocycles. The molecule has 1 atom stereocenters. The first-order valence-corrected chi connectivity index (χ1v) is 9.14. The van der Waals surface area contributed by atoms with E-state index in [9.17, 15) is 0 Å². The number of nitrogen functional groups attached to an aromatic ring is 1. The average molecular weight is 287 g/mol. The van der Waals surface area contributed by atoms with Crippen LogP contribution in [0.5, 0.6) is 0 Å². The largest absolute Gasteiger partial charge is 0.399 e. The molecule has 1 heteroatoms. The fourth-order valence-corrected chi connectivity index (χ4v) is 4.01. The SMILES string of the molecule is CCCC(CCCCc1ccc(N)cc1)C1CCCCC1. The van der Waals surface area contributed by atoms with Gasteiger partial charge in [-0.05, 0) is 42.4 Å². The number of hydrogen-bond acceptors (Lipinski definition) is 1. The summed E-state index contributed by atoms with van der Waals surface area (Å²) in [5, 5.41) is 0. The van der Waals surface area contributed by atoms with E-state index >= 15 is 0 Å². The zero-order valence-corrected chi connectivity index (χ0v) is 13.8. The Labute approximate surface area is 131 Å². The van der Waals surface area contributed by atoms with E-state index in [1.165, 1.54) is 76.2 Å². The molecule has 21 heavy (non-hydrogen) atoms. The zero-order chi connectivity index (χ0) is 14.9. The number of rotatable bonds is 8. The molecule has 0 heterocycles. The average Bonchev–Trinajstić information content (AvgIpc) is 2.53. The molecule has 0 amide bonds. The molecule has 1 aliphatic rings. The molecule has 1 unspecified atom stereocenters. The Morgan fingerprint density at radius 3 is 2.38 bits per heavy atom. The molecule has 1 aromatic carbocycles. The Morgan fingerprint density at radius 2 is 1.71 bits per heavy atom. The summed E-state index contributed by atoms with van der Waals surface area (Å²) in [7, 11) is 0. The summed E-state index contributed by atoms with van der Waals surface area (Å²) in [5.41, 5.74) is 8.05. The van der Waals surface area contributed by atoms with E-state index in [2.05, 4.69) is 19.1 Å². The first-order valence-electron chi connectivity index (χ1n) is 9.14. The monoisotopic (exact) mass is 287 g/mol. The summed E-state index contributed by atoms with van der Waals surface area (Å²) >= 11 is 0. The van der Waals surface area contributed by atoms with Crippen LogP contribution in [-0.4, -0.2) is 0 Å². The molecule has 2 rings (SSSR count). The Morgan fingerprint density at radius 1 is 1.00 bits per heavy atom. The normalized spacial score (nSPS) is 17.8. The molecule has 1 nitrogen and oxygen atoms in total. The lowest BCUT2D eigenvalue weighted by molar-refractivity contribution is 0.219. The highest BCUT2D eigenvalue weighted by molar-refractivity contribution is 5.39. The highest BCUT2D eigenvalue weighted by Gasteiger charge is 2.22. The van der Waals surface area contributed by atoms with Crippen LogP contribution in [0.1, 0.15) is 76.7 Å². The second kappa shape index (κ2) is 9.12. The molecule has 1 saturated carbocycles. The minimum atomic E-state index is 0.874. The van der Waals surface area contributed by atoms with Gasteiger partial charge in [-0.3, -0.25) is 0 Å². The van der Waals surface area contributed by atoms with E-state index in [-0.39, 0.29) is 0 Å². The predicted molar refractivity (Wildman–Crippen MR) is 93.4 cm³/mol. The van der Waals surface area contributed by atoms with E-state index in [1.807, 2.05) is 12.1 Å². The number of anilines is 1. The minimum absolute atomic E-state index is 0.874. The summed E-state index contributed by atoms with van der Waals surface area (Å²) in [6.45, 7) is 2.35. The van der Waals surface area contributed by atoms with Gasteiger partial charge >= 0.3 is 0 Å². The number of unbranched alkanes of at least 4 members (excludes halogenated alkanes) is 1. The second-order valence-corrected chi connectivity index (χ2v) is 6.93. The second-order valence-electron chi connectivity index (χ2n) is 6.93. The van der Waals surface area contributed by atoms with Gasteiger partial charge in [0.1, 0.15) is 0 Å². The van der Waals surface area contributed by atoms with Crippen molar-refractivity contribution in [3.63, 3.8) is 0 Å². The van der Waals surface area contributed by atoms with Gasteiger partial charge in [0, 0.05) is 5.69 Å². The first kappa shape index (κ1) is 16.4. The smallest absolute Gasteiger partial charge is 0.0314 e. The molecule has 0 aromatic heterocycles. The molecule has 0 spiro atoms. The van der Waals surface area contributed by atoms with E-state index in [4.69, 9.17) is 5.73 Å². The summed E-state index contributed by atoms with van der Waals surface area (Å²) in [4.78, 5) is 0. The number of hydrogen-bond donors (Lipinski definition) is 1. The fraction of sp³-hybridized carbons (Fsp3) is 0.700. The topological polar surface area (TPSA) is 26.0 Å². The number of benzene rings is 1. The van der Waals surface area contributed by atoms with Crippen LogP contribution in [-0.2, 0) is 6.42 Å². The van der Waals surface area contributed by atoms with Gasteiger partial charge in [0.25, 0.3) is 0 Å². The Bertz CT molecular complexity index is 375. The lowest BCUT2D eigenvalue weighted by Gasteiger charge is -2.30. The molecule has 0 radical (unpaired) electrons. The third kappa shape index (κ3) is 5.73. The van der Waals surface area contributed by atoms with E-state index in [0.29, 0.717) is 0 Å². The molecule has 0 bridgehead atoms. The van der Waals surface area contributed by atoms with Gasteiger partial charge in [-0.15, -0.1) is 0 Å². The maximum Gasteiger partial charge on any atom is 0.0314 e. The fourth-order valence-electron chi connectivity index (χ4n) is 4.01. The zero-order valence-electron chi connectivity index (χ0n) is 13.8. The van der Waals surface area contributed by atoms with Crippen molar-refractivity contribution in [1.29, 1.82) is 0 Å². The molecular formula is C20H33N. The highest BCUT2D eigenvalue weighted by Crippen LogP contribution is 2.35. The molecule has 2 N–H and O–H groups in total. The quantitative estimate of drug-likeness (QED) is 0.462. The van der Waals surface area contributed by atoms with Crippen LogP contribution in [0.25, 0.3) is 0 Å². The van der Waals surface area contributed by atoms with Gasteiger partial charge in [-0.25, -0.2) is 0 Å². The predicted octanol–water partition coefficient (Wildman–Crippen LogP) is 5.98. The summed E-state index contributed by atoms with van der Waals surface area (Å²) < 4.78 is 0. The van der Waals surface area contributed by atoms with E-state index < -0.39 is 0 Å². The van der Waals surface area contributed by atoms with Crippen molar-refractivity contribution in [3.8, 4) is 0 Å². The highest BCUT2D eigenvalue weighted by atomic mass is 14.5. The van der Waals surface area contributed by atoms with Crippen molar-refractivity contribution in [1.82, 2.24) is 0 Å². The van der Waals surface area contributed by atoms with Gasteiger partial charge in [0.2, 0.25) is 0 Å². The summed E-state index contributed by atoms with van der Waals surface area (Å²) in [6.07, 6.45) is 15.6. The lowest BCUT2D eigenvalue weighted by Crippen LogP contribution is -2.18. The molecule has 1 aromatic rings. The summed E-state index contributed by atoms with van der Waals surface area (Å²) in [5.74, 6) is 2.04. The van der Waals surface area contributed by atoms with E-state index in [1.54, 1.807) is 0 Å². The lowest BCUT2D eigenvalue weighted by atomic mass is 9.76. The third-order valence-electron chi connectivity index (χ3n) is 5.25. The Hall–Kier alpha value is -0.980. The van der Waals surface area contributed by atoms with Crippen LogP contribution in [0, 0.1) is 11.8 Å². The van der Waals surface area contributed by atoms with Crippen LogP contribution in [0.4, 0.5) is 5.69 Å². The molecule has 1 fully saturated rings. The Balaban J connectivity index is 1.70. The van der Waals surface area contributed by atoms with Crippen molar-refractivity contribution in [3.05, 3.63) is 29.8 Å². The first-order chi connectivity index (χ1) is 10.3. The van der Waals surface area contributed by atoms with Crippen molar-refractivity contribution in [2.75, 3.05) is 5.73 Å². The molecular weight excluding hydrogens is 254 g/mol. The van der Waals surface area contributed by atoms with Crippen LogP contribution < -0.4 is 5.73 Å². The van der Waals surface area contributed by atoms with Crippen molar-refractivity contribution in [2.45, 2.75) is 77.6 Å². The van der Waals surface area contributed by atoms with Crippen LogP contribution >= 0.6 is 0 Å². The van der Waals surface area contributed by atoms with Gasteiger partial charge in [0.15, 0.2) is 0 Å². The van der Waals surface area contributed by atoms with Crippen LogP contribution in [0.3, 0.4) is 0 Å². The number of aryl methyl sites for hydroxylation is 1. The van der Waals surface area contributed by atoms with Crippen molar-refractivity contribution >= 4 is 5.69 Å².